The van der Waals surface area contributed by atoms with Gasteiger partial charge >= 0.3 is 12.2 Å². The Bertz CT molecular complexity index is 835. The molecule has 0 aromatic carbocycles. The summed E-state index contributed by atoms with van der Waals surface area (Å²) >= 11 is 0.604. The number of nitrogens with zero attached hydrogens (tertiary/aromatic N) is 3. The number of rotatable bonds is 6. The maximum atomic E-state index is 13.0. The first-order valence-corrected chi connectivity index (χ1v) is 11.6. The number of carbonyl (C=O) groups excluding carboxylic acids is 2. The summed E-state index contributed by atoms with van der Waals surface area (Å²) in [5.74, 6) is -0.541. The molecule has 0 aliphatic carbocycles. The number of anilines is 1. The van der Waals surface area contributed by atoms with Crippen molar-refractivity contribution in [2.75, 3.05) is 25.1 Å². The summed E-state index contributed by atoms with van der Waals surface area (Å²) in [6.45, 7) is 13.7. The number of carbonyl (C=O) groups is 2. The van der Waals surface area contributed by atoms with Crippen LogP contribution < -0.4 is 9.64 Å². The van der Waals surface area contributed by atoms with E-state index in [0.717, 1.165) is 0 Å². The van der Waals surface area contributed by atoms with Crippen molar-refractivity contribution in [1.82, 2.24) is 8.68 Å². The summed E-state index contributed by atoms with van der Waals surface area (Å²) in [7, 11) is -2.71. The van der Waals surface area contributed by atoms with Crippen molar-refractivity contribution in [3.63, 3.8) is 0 Å². The molecule has 1 aromatic heterocycles. The third kappa shape index (κ3) is 6.29. The van der Waals surface area contributed by atoms with E-state index in [9.17, 15) is 18.0 Å². The van der Waals surface area contributed by atoms with E-state index in [2.05, 4.69) is 4.37 Å². The Morgan fingerprint density at radius 1 is 0.967 bits per heavy atom. The fourth-order valence-electron chi connectivity index (χ4n) is 2.28. The normalized spacial score (nSPS) is 12.6. The first-order chi connectivity index (χ1) is 13.6. The van der Waals surface area contributed by atoms with Crippen LogP contribution in [0.25, 0.3) is 0 Å². The lowest BCUT2D eigenvalue weighted by molar-refractivity contribution is 0.0428. The van der Waals surface area contributed by atoms with E-state index in [1.807, 2.05) is 0 Å². The van der Waals surface area contributed by atoms with Crippen LogP contribution in [0.5, 0.6) is 5.75 Å². The van der Waals surface area contributed by atoms with Gasteiger partial charge in [0.1, 0.15) is 11.2 Å². The summed E-state index contributed by atoms with van der Waals surface area (Å²) in [6.07, 6.45) is -2.13. The zero-order chi connectivity index (χ0) is 23.5. The number of ether oxygens (including phenoxy) is 3. The fraction of sp³-hybridized carbons (Fsp3) is 0.722. The largest absolute Gasteiger partial charge is 0.491 e. The van der Waals surface area contributed by atoms with E-state index in [1.54, 1.807) is 55.4 Å². The maximum absolute atomic E-state index is 13.0. The van der Waals surface area contributed by atoms with Crippen molar-refractivity contribution >= 4 is 39.6 Å². The van der Waals surface area contributed by atoms with E-state index in [-0.39, 0.29) is 28.9 Å². The third-order valence-corrected chi connectivity index (χ3v) is 6.77. The average molecular weight is 466 g/mol. The number of amides is 2. The third-order valence-electron chi connectivity index (χ3n) is 3.45. The van der Waals surface area contributed by atoms with Crippen LogP contribution in [0.3, 0.4) is 0 Å². The SMILES string of the molecule is CCN(CC)S(=O)(=O)c1snc(N(C(=O)OC(C)(C)C)C(=O)OC(C)(C)C)c1OC. The Balaban J connectivity index is 3.60. The van der Waals surface area contributed by atoms with Gasteiger partial charge in [0.15, 0.2) is 9.96 Å². The molecular formula is C18H31N3O7S2. The molecule has 1 heterocycles. The lowest BCUT2D eigenvalue weighted by Crippen LogP contribution is -2.44. The van der Waals surface area contributed by atoms with E-state index in [0.29, 0.717) is 16.4 Å². The number of sulfonamides is 1. The monoisotopic (exact) mass is 465 g/mol. The van der Waals surface area contributed by atoms with Crippen LogP contribution in [0.15, 0.2) is 4.21 Å². The number of aromatic nitrogens is 1. The van der Waals surface area contributed by atoms with Crippen molar-refractivity contribution in [3.8, 4) is 5.75 Å². The van der Waals surface area contributed by atoms with Crippen molar-refractivity contribution in [3.05, 3.63) is 0 Å². The predicted octanol–water partition coefficient (Wildman–Crippen LogP) is 3.86. The van der Waals surface area contributed by atoms with Crippen LogP contribution in [-0.4, -0.2) is 60.7 Å². The molecule has 0 fully saturated rings. The van der Waals surface area contributed by atoms with Gasteiger partial charge in [-0.25, -0.2) is 18.0 Å². The highest BCUT2D eigenvalue weighted by Gasteiger charge is 2.40. The van der Waals surface area contributed by atoms with Crippen LogP contribution in [0.2, 0.25) is 0 Å². The summed E-state index contributed by atoms with van der Waals surface area (Å²) in [5, 5.41) is 0. The van der Waals surface area contributed by atoms with Crippen LogP contribution in [0.4, 0.5) is 15.4 Å². The maximum Gasteiger partial charge on any atom is 0.425 e. The van der Waals surface area contributed by atoms with Gasteiger partial charge in [-0.3, -0.25) is 0 Å². The molecule has 30 heavy (non-hydrogen) atoms. The smallest absolute Gasteiger partial charge is 0.425 e. The number of hydrogen-bond acceptors (Lipinski definition) is 9. The van der Waals surface area contributed by atoms with Gasteiger partial charge < -0.3 is 14.2 Å². The minimum Gasteiger partial charge on any atom is -0.491 e. The first-order valence-electron chi connectivity index (χ1n) is 9.38. The van der Waals surface area contributed by atoms with Crippen molar-refractivity contribution in [2.24, 2.45) is 0 Å². The van der Waals surface area contributed by atoms with Gasteiger partial charge in [0, 0.05) is 13.1 Å². The van der Waals surface area contributed by atoms with Gasteiger partial charge in [0.2, 0.25) is 5.82 Å². The summed E-state index contributed by atoms with van der Waals surface area (Å²) in [5.41, 5.74) is -1.84. The summed E-state index contributed by atoms with van der Waals surface area (Å²) < 4.78 is 46.9. The second kappa shape index (κ2) is 9.48. The molecule has 0 aliphatic heterocycles. The Hall–Kier alpha value is -1.92. The number of methoxy groups -OCH3 is 1. The molecule has 0 atom stereocenters. The summed E-state index contributed by atoms with van der Waals surface area (Å²) in [6, 6.07) is 0. The van der Waals surface area contributed by atoms with Gasteiger partial charge in [-0.05, 0) is 53.1 Å². The minimum atomic E-state index is -3.94. The Labute approximate surface area is 182 Å². The lowest BCUT2D eigenvalue weighted by atomic mass is 10.2. The van der Waals surface area contributed by atoms with Gasteiger partial charge in [-0.1, -0.05) is 13.8 Å². The Morgan fingerprint density at radius 2 is 1.40 bits per heavy atom. The predicted molar refractivity (Wildman–Crippen MR) is 114 cm³/mol. The molecule has 1 rings (SSSR count). The second-order valence-electron chi connectivity index (χ2n) is 8.21. The van der Waals surface area contributed by atoms with Crippen LogP contribution in [-0.2, 0) is 19.5 Å². The molecule has 172 valence electrons. The molecule has 0 aliphatic rings. The van der Waals surface area contributed by atoms with Crippen molar-refractivity contribution in [1.29, 1.82) is 0 Å². The zero-order valence-electron chi connectivity index (χ0n) is 18.9. The van der Waals surface area contributed by atoms with E-state index < -0.39 is 33.4 Å². The van der Waals surface area contributed by atoms with Gasteiger partial charge in [-0.15, -0.1) is 0 Å². The zero-order valence-corrected chi connectivity index (χ0v) is 20.6. The highest BCUT2D eigenvalue weighted by atomic mass is 32.2. The highest BCUT2D eigenvalue weighted by molar-refractivity contribution is 7.91. The summed E-state index contributed by atoms with van der Waals surface area (Å²) in [4.78, 5) is 26.2. The van der Waals surface area contributed by atoms with E-state index in [1.165, 1.54) is 11.4 Å². The quantitative estimate of drug-likeness (QED) is 0.622. The van der Waals surface area contributed by atoms with Gasteiger partial charge in [-0.2, -0.15) is 13.6 Å². The van der Waals surface area contributed by atoms with Gasteiger partial charge in [0.05, 0.1) is 7.11 Å². The molecule has 12 heteroatoms. The molecule has 0 saturated carbocycles. The van der Waals surface area contributed by atoms with E-state index in [4.69, 9.17) is 14.2 Å². The van der Waals surface area contributed by atoms with Crippen LogP contribution in [0, 0.1) is 0 Å². The lowest BCUT2D eigenvalue weighted by Gasteiger charge is -2.27. The molecule has 1 aromatic rings. The number of imide groups is 1. The molecule has 2 amide bonds. The average Bonchev–Trinajstić information content (AvgIpc) is 2.96. The van der Waals surface area contributed by atoms with Crippen molar-refractivity contribution in [2.45, 2.75) is 70.8 Å². The number of hydrogen-bond donors (Lipinski definition) is 0. The molecule has 0 N–H and O–H groups in total. The Kier molecular flexibility index (Phi) is 8.25. The van der Waals surface area contributed by atoms with Crippen LogP contribution >= 0.6 is 11.5 Å². The first kappa shape index (κ1) is 26.1. The molecule has 0 unspecified atom stereocenters. The molecule has 0 radical (unpaired) electrons. The molecule has 0 spiro atoms. The Morgan fingerprint density at radius 3 is 1.73 bits per heavy atom. The fourth-order valence-corrected chi connectivity index (χ4v) is 5.00. The molecular weight excluding hydrogens is 434 g/mol. The standard InChI is InChI=1S/C18H31N3O7S2/c1-10-20(11-2)30(24,25)14-12(26-9)13(19-29-14)21(15(22)27-17(3,4)5)16(23)28-18(6,7)8/h10-11H2,1-9H3. The molecule has 10 nitrogen and oxygen atoms in total. The van der Waals surface area contributed by atoms with Crippen molar-refractivity contribution < 1.29 is 32.2 Å². The molecule has 0 saturated heterocycles. The molecule has 0 bridgehead atoms. The topological polar surface area (TPSA) is 115 Å². The van der Waals surface area contributed by atoms with Gasteiger partial charge in [0.25, 0.3) is 10.0 Å². The van der Waals surface area contributed by atoms with Crippen LogP contribution in [0.1, 0.15) is 55.4 Å². The minimum absolute atomic E-state index is 0.221. The second-order valence-corrected chi connectivity index (χ2v) is 11.1. The highest BCUT2D eigenvalue weighted by Crippen LogP contribution is 2.40. The van der Waals surface area contributed by atoms with E-state index >= 15 is 0 Å².